The van der Waals surface area contributed by atoms with Gasteiger partial charge in [0.05, 0.1) is 0 Å². The molecule has 0 saturated carbocycles. The lowest BCUT2D eigenvalue weighted by molar-refractivity contribution is -0.118. The van der Waals surface area contributed by atoms with Crippen LogP contribution in [-0.2, 0) is 4.79 Å². The van der Waals surface area contributed by atoms with Gasteiger partial charge in [-0.1, -0.05) is 22.0 Å². The van der Waals surface area contributed by atoms with Crippen LogP contribution in [0.2, 0.25) is 0 Å². The monoisotopic (exact) mass is 352 g/mol. The van der Waals surface area contributed by atoms with E-state index in [-0.39, 0.29) is 12.4 Å². The summed E-state index contributed by atoms with van der Waals surface area (Å²) in [5, 5.41) is 2.64. The van der Waals surface area contributed by atoms with Crippen molar-refractivity contribution in [2.45, 2.75) is 6.92 Å². The van der Waals surface area contributed by atoms with Crippen LogP contribution in [0.25, 0.3) is 0 Å². The van der Waals surface area contributed by atoms with Crippen molar-refractivity contribution in [2.75, 3.05) is 17.7 Å². The highest BCUT2D eigenvalue weighted by atomic mass is 79.9. The first kappa shape index (κ1) is 15.3. The fourth-order valence-corrected chi connectivity index (χ4v) is 1.99. The molecule has 0 aliphatic carbocycles. The van der Waals surface area contributed by atoms with Crippen molar-refractivity contribution < 1.29 is 13.9 Å². The topological polar surface area (TPSA) is 64.3 Å². The van der Waals surface area contributed by atoms with Crippen LogP contribution in [0.5, 0.6) is 5.75 Å². The Balaban J connectivity index is 1.95. The van der Waals surface area contributed by atoms with Crippen molar-refractivity contribution in [1.82, 2.24) is 0 Å². The molecule has 0 fully saturated rings. The lowest BCUT2D eigenvalue weighted by atomic mass is 10.2. The van der Waals surface area contributed by atoms with Crippen molar-refractivity contribution in [2.24, 2.45) is 0 Å². The molecule has 2 rings (SSSR count). The number of carbonyl (C=O) groups is 1. The maximum absolute atomic E-state index is 13.5. The molecule has 0 unspecified atom stereocenters. The number of carbonyl (C=O) groups excluding carboxylic acids is 1. The number of aryl methyl sites for hydroxylation is 1. The standard InChI is InChI=1S/C15H14BrFN2O2/c1-9-2-4-11(7-13(9)18)19-15(20)8-21-14-6-10(16)3-5-12(14)17/h2-7H,8,18H2,1H3,(H,19,20). The SMILES string of the molecule is Cc1ccc(NC(=O)COc2cc(Br)ccc2F)cc1N. The normalized spacial score (nSPS) is 10.2. The summed E-state index contributed by atoms with van der Waals surface area (Å²) >= 11 is 3.21. The fraction of sp³-hybridized carbons (Fsp3) is 0.133. The number of nitrogen functional groups attached to an aromatic ring is 1. The number of amides is 1. The van der Waals surface area contributed by atoms with Crippen LogP contribution < -0.4 is 15.8 Å². The van der Waals surface area contributed by atoms with Gasteiger partial charge in [0.2, 0.25) is 0 Å². The van der Waals surface area contributed by atoms with Crippen LogP contribution in [-0.4, -0.2) is 12.5 Å². The van der Waals surface area contributed by atoms with Gasteiger partial charge in [0.25, 0.3) is 5.91 Å². The summed E-state index contributed by atoms with van der Waals surface area (Å²) in [5.74, 6) is -0.897. The number of nitrogens with one attached hydrogen (secondary N) is 1. The van der Waals surface area contributed by atoms with Crippen molar-refractivity contribution in [3.63, 3.8) is 0 Å². The molecule has 0 heterocycles. The molecule has 21 heavy (non-hydrogen) atoms. The average molecular weight is 353 g/mol. The molecular weight excluding hydrogens is 339 g/mol. The lowest BCUT2D eigenvalue weighted by Gasteiger charge is -2.09. The van der Waals surface area contributed by atoms with E-state index < -0.39 is 11.7 Å². The Morgan fingerprint density at radius 1 is 1.33 bits per heavy atom. The minimum Gasteiger partial charge on any atom is -0.481 e. The third-order valence-electron chi connectivity index (χ3n) is 2.82. The predicted molar refractivity (Wildman–Crippen MR) is 83.8 cm³/mol. The Morgan fingerprint density at radius 2 is 2.10 bits per heavy atom. The molecule has 0 aliphatic rings. The van der Waals surface area contributed by atoms with E-state index in [1.54, 1.807) is 24.3 Å². The zero-order valence-corrected chi connectivity index (χ0v) is 12.9. The number of hydrogen-bond acceptors (Lipinski definition) is 3. The molecule has 0 aliphatic heterocycles. The summed E-state index contributed by atoms with van der Waals surface area (Å²) in [7, 11) is 0. The lowest BCUT2D eigenvalue weighted by Crippen LogP contribution is -2.20. The summed E-state index contributed by atoms with van der Waals surface area (Å²) in [5.41, 5.74) is 7.85. The molecule has 0 aromatic heterocycles. The zero-order chi connectivity index (χ0) is 15.4. The van der Waals surface area contributed by atoms with Gasteiger partial charge in [-0.05, 0) is 42.8 Å². The highest BCUT2D eigenvalue weighted by Crippen LogP contribution is 2.22. The van der Waals surface area contributed by atoms with E-state index in [9.17, 15) is 9.18 Å². The molecular formula is C15H14BrFN2O2. The molecule has 1 amide bonds. The van der Waals surface area contributed by atoms with E-state index in [1.165, 1.54) is 12.1 Å². The second kappa shape index (κ2) is 6.58. The molecule has 3 N–H and O–H groups in total. The van der Waals surface area contributed by atoms with Gasteiger partial charge in [-0.2, -0.15) is 0 Å². The quantitative estimate of drug-likeness (QED) is 0.827. The Bertz CT molecular complexity index is 677. The second-order valence-electron chi connectivity index (χ2n) is 4.48. The molecule has 110 valence electrons. The first-order chi connectivity index (χ1) is 9.95. The molecule has 0 bridgehead atoms. The van der Waals surface area contributed by atoms with Gasteiger partial charge in [0, 0.05) is 15.8 Å². The van der Waals surface area contributed by atoms with Gasteiger partial charge in [0.1, 0.15) is 0 Å². The summed E-state index contributed by atoms with van der Waals surface area (Å²) in [4.78, 5) is 11.8. The largest absolute Gasteiger partial charge is 0.481 e. The minimum atomic E-state index is -0.523. The zero-order valence-electron chi connectivity index (χ0n) is 11.3. The fourth-order valence-electron chi connectivity index (χ4n) is 1.65. The van der Waals surface area contributed by atoms with Gasteiger partial charge in [-0.15, -0.1) is 0 Å². The number of ether oxygens (including phenoxy) is 1. The van der Waals surface area contributed by atoms with Crippen LogP contribution >= 0.6 is 15.9 Å². The Hall–Kier alpha value is -2.08. The van der Waals surface area contributed by atoms with Crippen LogP contribution in [0.4, 0.5) is 15.8 Å². The van der Waals surface area contributed by atoms with E-state index in [0.29, 0.717) is 15.8 Å². The molecule has 0 atom stereocenters. The minimum absolute atomic E-state index is 0.0166. The molecule has 4 nitrogen and oxygen atoms in total. The van der Waals surface area contributed by atoms with Crippen LogP contribution in [0.3, 0.4) is 0 Å². The van der Waals surface area contributed by atoms with Crippen molar-refractivity contribution in [1.29, 1.82) is 0 Å². The summed E-state index contributed by atoms with van der Waals surface area (Å²) in [6.45, 7) is 1.58. The number of anilines is 2. The maximum atomic E-state index is 13.5. The number of rotatable bonds is 4. The van der Waals surface area contributed by atoms with E-state index in [0.717, 1.165) is 5.56 Å². The molecule has 2 aromatic rings. The molecule has 6 heteroatoms. The Labute approximate surface area is 130 Å². The van der Waals surface area contributed by atoms with Gasteiger partial charge in [-0.25, -0.2) is 4.39 Å². The van der Waals surface area contributed by atoms with Gasteiger partial charge in [-0.3, -0.25) is 4.79 Å². The Morgan fingerprint density at radius 3 is 2.81 bits per heavy atom. The predicted octanol–water partition coefficient (Wildman–Crippen LogP) is 3.50. The van der Waals surface area contributed by atoms with Crippen molar-refractivity contribution in [3.8, 4) is 5.75 Å². The third kappa shape index (κ3) is 4.19. The number of nitrogens with two attached hydrogens (primary N) is 1. The molecule has 2 aromatic carbocycles. The number of benzene rings is 2. The molecule has 0 radical (unpaired) electrons. The van der Waals surface area contributed by atoms with Crippen molar-refractivity contribution >= 4 is 33.2 Å². The average Bonchev–Trinajstić information content (AvgIpc) is 2.44. The van der Waals surface area contributed by atoms with Crippen LogP contribution in [0, 0.1) is 12.7 Å². The van der Waals surface area contributed by atoms with E-state index in [1.807, 2.05) is 6.92 Å². The van der Waals surface area contributed by atoms with E-state index >= 15 is 0 Å². The first-order valence-corrected chi connectivity index (χ1v) is 6.99. The number of hydrogen-bond donors (Lipinski definition) is 2. The van der Waals surface area contributed by atoms with E-state index in [2.05, 4.69) is 21.2 Å². The van der Waals surface area contributed by atoms with Gasteiger partial charge >= 0.3 is 0 Å². The van der Waals surface area contributed by atoms with Gasteiger partial charge in [0.15, 0.2) is 18.2 Å². The van der Waals surface area contributed by atoms with Crippen molar-refractivity contribution in [3.05, 3.63) is 52.3 Å². The summed E-state index contributed by atoms with van der Waals surface area (Å²) < 4.78 is 19.3. The van der Waals surface area contributed by atoms with Crippen LogP contribution in [0.15, 0.2) is 40.9 Å². The third-order valence-corrected chi connectivity index (χ3v) is 3.31. The molecule has 0 spiro atoms. The Kier molecular flexibility index (Phi) is 4.80. The summed E-state index contributed by atoms with van der Waals surface area (Å²) in [6.07, 6.45) is 0. The van der Waals surface area contributed by atoms with Crippen LogP contribution in [0.1, 0.15) is 5.56 Å². The summed E-state index contributed by atoms with van der Waals surface area (Å²) in [6, 6.07) is 9.48. The van der Waals surface area contributed by atoms with E-state index in [4.69, 9.17) is 10.5 Å². The first-order valence-electron chi connectivity index (χ1n) is 6.19. The highest BCUT2D eigenvalue weighted by molar-refractivity contribution is 9.10. The molecule has 0 saturated heterocycles. The second-order valence-corrected chi connectivity index (χ2v) is 5.40. The number of halogens is 2. The van der Waals surface area contributed by atoms with Gasteiger partial charge < -0.3 is 15.8 Å². The highest BCUT2D eigenvalue weighted by Gasteiger charge is 2.08. The maximum Gasteiger partial charge on any atom is 0.262 e. The smallest absolute Gasteiger partial charge is 0.262 e.